The quantitative estimate of drug-likeness (QED) is 0.411. The maximum absolute atomic E-state index is 2.26. The minimum atomic E-state index is 1.25. The van der Waals surface area contributed by atoms with Crippen LogP contribution in [0.3, 0.4) is 0 Å². The normalized spacial score (nSPS) is 10.7. The van der Waals surface area contributed by atoms with Gasteiger partial charge in [0.15, 0.2) is 0 Å². The fourth-order valence-corrected chi connectivity index (χ4v) is 2.85. The second-order valence-corrected chi connectivity index (χ2v) is 5.51. The fourth-order valence-electron chi connectivity index (χ4n) is 2.85. The number of hydrogen-bond acceptors (Lipinski definition) is 0. The van der Waals surface area contributed by atoms with Gasteiger partial charge in [0.25, 0.3) is 0 Å². The molecule has 0 amide bonds. The predicted molar refractivity (Wildman–Crippen MR) is 94.8 cm³/mol. The van der Waals surface area contributed by atoms with Gasteiger partial charge >= 0.3 is 0 Å². The second kappa shape index (κ2) is 5.50. The molecule has 0 heterocycles. The molecule has 0 saturated heterocycles. The number of benzene rings is 4. The van der Waals surface area contributed by atoms with Gasteiger partial charge in [-0.15, -0.1) is 0 Å². The van der Waals surface area contributed by atoms with Crippen molar-refractivity contribution in [1.29, 1.82) is 0 Å². The average molecular weight is 280 g/mol. The molecule has 0 aliphatic carbocycles. The molecule has 104 valence electrons. The minimum absolute atomic E-state index is 1.25. The standard InChI is InChI=1S/C22H16/c1-2-6-17(7-3-1)19-10-12-20(13-11-19)22-15-14-18-8-4-5-9-21(18)16-22/h1-16H. The zero-order chi connectivity index (χ0) is 14.8. The van der Waals surface area contributed by atoms with Gasteiger partial charge in [-0.3, -0.25) is 0 Å². The van der Waals surface area contributed by atoms with Gasteiger partial charge in [0.1, 0.15) is 0 Å². The van der Waals surface area contributed by atoms with Crippen molar-refractivity contribution >= 4 is 10.8 Å². The topological polar surface area (TPSA) is 0 Å². The van der Waals surface area contributed by atoms with Gasteiger partial charge < -0.3 is 0 Å². The van der Waals surface area contributed by atoms with Crippen LogP contribution in [0.5, 0.6) is 0 Å². The van der Waals surface area contributed by atoms with Crippen LogP contribution >= 0.6 is 0 Å². The summed E-state index contributed by atoms with van der Waals surface area (Å²) in [6.07, 6.45) is 0. The molecular weight excluding hydrogens is 264 g/mol. The third kappa shape index (κ3) is 2.40. The molecular formula is C22H16. The summed E-state index contributed by atoms with van der Waals surface area (Å²) in [6.45, 7) is 0. The first-order valence-corrected chi connectivity index (χ1v) is 7.55. The smallest absolute Gasteiger partial charge is 0.0178 e. The zero-order valence-corrected chi connectivity index (χ0v) is 12.2. The van der Waals surface area contributed by atoms with E-state index in [1.165, 1.54) is 33.0 Å². The molecule has 0 aliphatic rings. The van der Waals surface area contributed by atoms with Crippen LogP contribution in [0.15, 0.2) is 97.1 Å². The molecule has 0 aliphatic heterocycles. The minimum Gasteiger partial charge on any atom is -0.0622 e. The third-order valence-corrected chi connectivity index (χ3v) is 4.07. The van der Waals surface area contributed by atoms with Crippen LogP contribution in [-0.2, 0) is 0 Å². The predicted octanol–water partition coefficient (Wildman–Crippen LogP) is 6.17. The summed E-state index contributed by atoms with van der Waals surface area (Å²) in [4.78, 5) is 0. The summed E-state index contributed by atoms with van der Waals surface area (Å²) in [5.74, 6) is 0. The molecule has 0 aromatic heterocycles. The fraction of sp³-hybridized carbons (Fsp3) is 0. The summed E-state index contributed by atoms with van der Waals surface area (Å²) in [5, 5.41) is 2.57. The van der Waals surface area contributed by atoms with Crippen LogP contribution in [0.2, 0.25) is 0 Å². The lowest BCUT2D eigenvalue weighted by molar-refractivity contribution is 1.60. The Hall–Kier alpha value is -2.86. The van der Waals surface area contributed by atoms with Crippen molar-refractivity contribution in [3.8, 4) is 22.3 Å². The molecule has 0 radical (unpaired) electrons. The van der Waals surface area contributed by atoms with Crippen molar-refractivity contribution in [3.05, 3.63) is 97.1 Å². The van der Waals surface area contributed by atoms with Crippen LogP contribution in [0.25, 0.3) is 33.0 Å². The number of rotatable bonds is 2. The van der Waals surface area contributed by atoms with E-state index < -0.39 is 0 Å². The van der Waals surface area contributed by atoms with E-state index in [9.17, 15) is 0 Å². The van der Waals surface area contributed by atoms with E-state index >= 15 is 0 Å². The highest BCUT2D eigenvalue weighted by Gasteiger charge is 2.01. The van der Waals surface area contributed by atoms with Crippen LogP contribution in [0.4, 0.5) is 0 Å². The molecule has 4 rings (SSSR count). The van der Waals surface area contributed by atoms with Gasteiger partial charge in [0, 0.05) is 0 Å². The Labute approximate surface area is 130 Å². The monoisotopic (exact) mass is 280 g/mol. The number of hydrogen-bond donors (Lipinski definition) is 0. The lowest BCUT2D eigenvalue weighted by atomic mass is 9.98. The molecule has 0 fully saturated rings. The van der Waals surface area contributed by atoms with Gasteiger partial charge in [-0.25, -0.2) is 0 Å². The van der Waals surface area contributed by atoms with Gasteiger partial charge in [0.05, 0.1) is 0 Å². The maximum atomic E-state index is 2.26. The van der Waals surface area contributed by atoms with Gasteiger partial charge in [-0.2, -0.15) is 0 Å². The molecule has 22 heavy (non-hydrogen) atoms. The Morgan fingerprint density at radius 3 is 1.55 bits per heavy atom. The van der Waals surface area contributed by atoms with Gasteiger partial charge in [0.2, 0.25) is 0 Å². The second-order valence-electron chi connectivity index (χ2n) is 5.51. The van der Waals surface area contributed by atoms with Gasteiger partial charge in [-0.05, 0) is 39.1 Å². The molecule has 0 spiro atoms. The SMILES string of the molecule is c1ccc(-c2ccc(-c3ccc4ccccc4c3)cc2)cc1. The molecule has 0 unspecified atom stereocenters. The summed E-state index contributed by atoms with van der Waals surface area (Å²) < 4.78 is 0. The van der Waals surface area contributed by atoms with E-state index in [0.29, 0.717) is 0 Å². The summed E-state index contributed by atoms with van der Waals surface area (Å²) in [6, 6.07) is 34.4. The molecule has 0 N–H and O–H groups in total. The number of fused-ring (bicyclic) bond motifs is 1. The van der Waals surface area contributed by atoms with Crippen LogP contribution in [-0.4, -0.2) is 0 Å². The Bertz CT molecular complexity index is 903. The first-order valence-electron chi connectivity index (χ1n) is 7.55. The Kier molecular flexibility index (Phi) is 3.21. The van der Waals surface area contributed by atoms with Crippen molar-refractivity contribution in [1.82, 2.24) is 0 Å². The highest BCUT2D eigenvalue weighted by atomic mass is 14.1. The Morgan fingerprint density at radius 1 is 0.318 bits per heavy atom. The summed E-state index contributed by atoms with van der Waals surface area (Å²) in [7, 11) is 0. The summed E-state index contributed by atoms with van der Waals surface area (Å²) in [5.41, 5.74) is 5.03. The van der Waals surface area contributed by atoms with E-state index in [2.05, 4.69) is 91.0 Å². The van der Waals surface area contributed by atoms with Crippen LogP contribution in [0.1, 0.15) is 0 Å². The molecule has 4 aromatic carbocycles. The van der Waals surface area contributed by atoms with E-state index in [0.717, 1.165) is 0 Å². The first kappa shape index (κ1) is 12.8. The largest absolute Gasteiger partial charge is 0.0622 e. The van der Waals surface area contributed by atoms with Crippen molar-refractivity contribution in [3.63, 3.8) is 0 Å². The highest BCUT2D eigenvalue weighted by Crippen LogP contribution is 2.27. The van der Waals surface area contributed by atoms with E-state index in [4.69, 9.17) is 0 Å². The molecule has 0 bridgehead atoms. The van der Waals surface area contributed by atoms with E-state index in [1.54, 1.807) is 0 Å². The summed E-state index contributed by atoms with van der Waals surface area (Å²) >= 11 is 0. The van der Waals surface area contributed by atoms with Crippen molar-refractivity contribution < 1.29 is 0 Å². The van der Waals surface area contributed by atoms with Crippen molar-refractivity contribution in [2.45, 2.75) is 0 Å². The molecule has 0 nitrogen and oxygen atoms in total. The van der Waals surface area contributed by atoms with Crippen LogP contribution < -0.4 is 0 Å². The average Bonchev–Trinajstić information content (AvgIpc) is 2.62. The van der Waals surface area contributed by atoms with E-state index in [-0.39, 0.29) is 0 Å². The highest BCUT2D eigenvalue weighted by molar-refractivity contribution is 5.87. The molecule has 0 atom stereocenters. The maximum Gasteiger partial charge on any atom is -0.0178 e. The molecule has 0 heteroatoms. The molecule has 0 saturated carbocycles. The lowest BCUT2D eigenvalue weighted by Crippen LogP contribution is -1.81. The third-order valence-electron chi connectivity index (χ3n) is 4.07. The van der Waals surface area contributed by atoms with E-state index in [1.807, 2.05) is 6.07 Å². The molecule has 4 aromatic rings. The van der Waals surface area contributed by atoms with Crippen LogP contribution in [0, 0.1) is 0 Å². The first-order chi connectivity index (χ1) is 10.9. The van der Waals surface area contributed by atoms with Crippen molar-refractivity contribution in [2.75, 3.05) is 0 Å². The van der Waals surface area contributed by atoms with Gasteiger partial charge in [-0.1, -0.05) is 91.0 Å². The van der Waals surface area contributed by atoms with Crippen molar-refractivity contribution in [2.24, 2.45) is 0 Å². The lowest BCUT2D eigenvalue weighted by Gasteiger charge is -2.06. The Morgan fingerprint density at radius 2 is 0.818 bits per heavy atom. The Balaban J connectivity index is 1.73. The zero-order valence-electron chi connectivity index (χ0n) is 12.2.